The maximum Gasteiger partial charge on any atom is 0.161 e. The van der Waals surface area contributed by atoms with Gasteiger partial charge in [-0.15, -0.1) is 0 Å². The molecule has 2 rings (SSSR count). The minimum absolute atomic E-state index is 0.0421. The minimum Gasteiger partial charge on any atom is -0.490 e. The van der Waals surface area contributed by atoms with Crippen LogP contribution >= 0.6 is 23.2 Å². The predicted molar refractivity (Wildman–Crippen MR) is 108 cm³/mol. The number of hydrogen-bond acceptors (Lipinski definition) is 5. The lowest BCUT2D eigenvalue weighted by Crippen LogP contribution is -2.20. The molecule has 0 atom stereocenters. The summed E-state index contributed by atoms with van der Waals surface area (Å²) in [5.41, 5.74) is 1.94. The van der Waals surface area contributed by atoms with Gasteiger partial charge in [-0.1, -0.05) is 35.3 Å². The van der Waals surface area contributed by atoms with Crippen LogP contribution in [-0.2, 0) is 17.9 Å². The molecule has 0 saturated heterocycles. The molecule has 0 aromatic heterocycles. The summed E-state index contributed by atoms with van der Waals surface area (Å²) in [7, 11) is 0. The molecule has 0 bridgehead atoms. The van der Waals surface area contributed by atoms with Crippen LogP contribution in [0.15, 0.2) is 36.4 Å². The van der Waals surface area contributed by atoms with Crippen LogP contribution in [0.5, 0.6) is 11.5 Å². The Bertz CT molecular complexity index is 712. The lowest BCUT2D eigenvalue weighted by molar-refractivity contribution is 0.0938. The molecule has 0 saturated carbocycles. The molecular formula is C20H25Cl2NO4. The van der Waals surface area contributed by atoms with Gasteiger partial charge in [0.15, 0.2) is 11.5 Å². The van der Waals surface area contributed by atoms with Gasteiger partial charge in [-0.25, -0.2) is 0 Å². The maximum atomic E-state index is 8.67. The van der Waals surface area contributed by atoms with E-state index in [2.05, 4.69) is 5.32 Å². The van der Waals surface area contributed by atoms with Gasteiger partial charge in [0, 0.05) is 28.7 Å². The molecule has 2 aromatic rings. The van der Waals surface area contributed by atoms with Crippen molar-refractivity contribution in [3.63, 3.8) is 0 Å². The van der Waals surface area contributed by atoms with E-state index in [1.807, 2.05) is 31.2 Å². The van der Waals surface area contributed by atoms with Crippen LogP contribution < -0.4 is 14.8 Å². The Balaban J connectivity index is 1.93. The molecule has 0 aliphatic rings. The van der Waals surface area contributed by atoms with Crippen LogP contribution in [-0.4, -0.2) is 38.1 Å². The van der Waals surface area contributed by atoms with E-state index < -0.39 is 0 Å². The van der Waals surface area contributed by atoms with Crippen LogP contribution in [0.25, 0.3) is 0 Å². The monoisotopic (exact) mass is 413 g/mol. The van der Waals surface area contributed by atoms with Gasteiger partial charge in [0.25, 0.3) is 0 Å². The second-order valence-corrected chi connectivity index (χ2v) is 6.59. The topological polar surface area (TPSA) is 60.0 Å². The van der Waals surface area contributed by atoms with Crippen LogP contribution in [0, 0.1) is 0 Å². The van der Waals surface area contributed by atoms with Crippen molar-refractivity contribution in [1.29, 1.82) is 0 Å². The Morgan fingerprint density at radius 3 is 2.59 bits per heavy atom. The standard InChI is InChI=1S/C20H25Cl2NO4/c1-2-26-20-11-15(13-23-7-9-25-10-8-24)3-6-19(20)27-14-16-4-5-17(21)12-18(16)22/h3-6,11-12,23-24H,2,7-10,13-14H2,1H3. The normalized spacial score (nSPS) is 10.8. The van der Waals surface area contributed by atoms with E-state index in [9.17, 15) is 0 Å². The van der Waals surface area contributed by atoms with Gasteiger partial charge in [-0.3, -0.25) is 0 Å². The minimum atomic E-state index is 0.0421. The van der Waals surface area contributed by atoms with Crippen molar-refractivity contribution >= 4 is 23.2 Å². The van der Waals surface area contributed by atoms with Crippen molar-refractivity contribution in [2.45, 2.75) is 20.1 Å². The SMILES string of the molecule is CCOc1cc(CNCCOCCO)ccc1OCc1ccc(Cl)cc1Cl. The molecule has 7 heteroatoms. The highest BCUT2D eigenvalue weighted by molar-refractivity contribution is 6.35. The molecular weight excluding hydrogens is 389 g/mol. The maximum absolute atomic E-state index is 8.67. The van der Waals surface area contributed by atoms with Gasteiger partial charge >= 0.3 is 0 Å². The number of benzene rings is 2. The molecule has 0 fully saturated rings. The highest BCUT2D eigenvalue weighted by atomic mass is 35.5. The second-order valence-electron chi connectivity index (χ2n) is 5.75. The first kappa shape index (κ1) is 21.8. The second kappa shape index (κ2) is 12.1. The molecule has 0 spiro atoms. The lowest BCUT2D eigenvalue weighted by atomic mass is 10.2. The molecule has 0 heterocycles. The fraction of sp³-hybridized carbons (Fsp3) is 0.400. The predicted octanol–water partition coefficient (Wildman–Crippen LogP) is 4.07. The third kappa shape index (κ3) is 7.56. The van der Waals surface area contributed by atoms with E-state index in [-0.39, 0.29) is 6.61 Å². The first-order valence-electron chi connectivity index (χ1n) is 8.85. The quantitative estimate of drug-likeness (QED) is 0.513. The van der Waals surface area contributed by atoms with Gasteiger partial charge in [0.2, 0.25) is 0 Å². The summed E-state index contributed by atoms with van der Waals surface area (Å²) in [5.74, 6) is 1.36. The zero-order valence-corrected chi connectivity index (χ0v) is 16.9. The summed E-state index contributed by atoms with van der Waals surface area (Å²) >= 11 is 12.1. The number of nitrogens with one attached hydrogen (secondary N) is 1. The summed E-state index contributed by atoms with van der Waals surface area (Å²) < 4.78 is 16.8. The number of aliphatic hydroxyl groups excluding tert-OH is 1. The Labute approximate surface area is 170 Å². The van der Waals surface area contributed by atoms with Crippen LogP contribution in [0.2, 0.25) is 10.0 Å². The summed E-state index contributed by atoms with van der Waals surface area (Å²) in [5, 5.41) is 13.1. The zero-order valence-electron chi connectivity index (χ0n) is 15.3. The first-order chi connectivity index (χ1) is 13.1. The van der Waals surface area contributed by atoms with Crippen LogP contribution in [0.4, 0.5) is 0 Å². The van der Waals surface area contributed by atoms with E-state index >= 15 is 0 Å². The van der Waals surface area contributed by atoms with Crippen molar-refractivity contribution < 1.29 is 19.3 Å². The average molecular weight is 414 g/mol. The van der Waals surface area contributed by atoms with Crippen molar-refractivity contribution in [3.8, 4) is 11.5 Å². The van der Waals surface area contributed by atoms with E-state index in [1.165, 1.54) is 0 Å². The first-order valence-corrected chi connectivity index (χ1v) is 9.61. The highest BCUT2D eigenvalue weighted by Crippen LogP contribution is 2.30. The van der Waals surface area contributed by atoms with Crippen molar-refractivity contribution in [1.82, 2.24) is 5.32 Å². The van der Waals surface area contributed by atoms with E-state index in [1.54, 1.807) is 12.1 Å². The molecule has 5 nitrogen and oxygen atoms in total. The smallest absolute Gasteiger partial charge is 0.161 e. The third-order valence-corrected chi connectivity index (χ3v) is 4.28. The third-order valence-electron chi connectivity index (χ3n) is 3.69. The highest BCUT2D eigenvalue weighted by Gasteiger charge is 2.09. The zero-order chi connectivity index (χ0) is 19.5. The van der Waals surface area contributed by atoms with E-state index in [4.69, 9.17) is 42.5 Å². The van der Waals surface area contributed by atoms with Gasteiger partial charge in [-0.05, 0) is 36.8 Å². The average Bonchev–Trinajstić information content (AvgIpc) is 2.65. The summed E-state index contributed by atoms with van der Waals surface area (Å²) in [4.78, 5) is 0. The molecule has 2 aromatic carbocycles. The number of ether oxygens (including phenoxy) is 3. The van der Waals surface area contributed by atoms with Gasteiger partial charge in [0.1, 0.15) is 6.61 Å². The number of hydrogen-bond donors (Lipinski definition) is 2. The van der Waals surface area contributed by atoms with Crippen LogP contribution in [0.1, 0.15) is 18.1 Å². The molecule has 2 N–H and O–H groups in total. The Kier molecular flexibility index (Phi) is 9.73. The van der Waals surface area contributed by atoms with Crippen molar-refractivity contribution in [2.75, 3.05) is 33.0 Å². The molecule has 148 valence electrons. The van der Waals surface area contributed by atoms with Crippen molar-refractivity contribution in [2.24, 2.45) is 0 Å². The van der Waals surface area contributed by atoms with E-state index in [0.29, 0.717) is 61.1 Å². The van der Waals surface area contributed by atoms with E-state index in [0.717, 1.165) is 11.1 Å². The molecule has 27 heavy (non-hydrogen) atoms. The number of rotatable bonds is 12. The van der Waals surface area contributed by atoms with Gasteiger partial charge in [0.05, 0.1) is 26.4 Å². The Morgan fingerprint density at radius 1 is 1.00 bits per heavy atom. The molecule has 0 aliphatic heterocycles. The summed E-state index contributed by atoms with van der Waals surface area (Å²) in [6.45, 7) is 5.16. The largest absolute Gasteiger partial charge is 0.490 e. The van der Waals surface area contributed by atoms with Crippen LogP contribution in [0.3, 0.4) is 0 Å². The molecule has 0 radical (unpaired) electrons. The number of aliphatic hydroxyl groups is 1. The fourth-order valence-electron chi connectivity index (χ4n) is 2.39. The molecule has 0 unspecified atom stereocenters. The van der Waals surface area contributed by atoms with Gasteiger partial charge < -0.3 is 24.6 Å². The van der Waals surface area contributed by atoms with Gasteiger partial charge in [-0.2, -0.15) is 0 Å². The molecule has 0 aliphatic carbocycles. The lowest BCUT2D eigenvalue weighted by Gasteiger charge is -2.14. The number of halogens is 2. The Hall–Kier alpha value is -1.50. The summed E-state index contributed by atoms with van der Waals surface area (Å²) in [6.07, 6.45) is 0. The Morgan fingerprint density at radius 2 is 1.85 bits per heavy atom. The fourth-order valence-corrected chi connectivity index (χ4v) is 2.85. The van der Waals surface area contributed by atoms with Crippen molar-refractivity contribution in [3.05, 3.63) is 57.6 Å². The summed E-state index contributed by atoms with van der Waals surface area (Å²) in [6, 6.07) is 11.2. The molecule has 0 amide bonds.